The molecule has 0 saturated heterocycles. The van der Waals surface area contributed by atoms with Crippen molar-refractivity contribution in [3.63, 3.8) is 0 Å². The maximum absolute atomic E-state index is 11.0. The molecular formula is C10H16N2O. The zero-order valence-electron chi connectivity index (χ0n) is 8.42. The summed E-state index contributed by atoms with van der Waals surface area (Å²) in [6, 6.07) is 0. The van der Waals surface area contributed by atoms with Crippen LogP contribution in [-0.4, -0.2) is 9.97 Å². The molecule has 0 bridgehead atoms. The Hall–Kier alpha value is -1.12. The van der Waals surface area contributed by atoms with Crippen molar-refractivity contribution in [1.29, 1.82) is 0 Å². The summed E-state index contributed by atoms with van der Waals surface area (Å²) in [4.78, 5) is 17.5. The van der Waals surface area contributed by atoms with E-state index in [1.54, 1.807) is 6.20 Å². The average molecular weight is 180 g/mol. The molecule has 3 heteroatoms. The summed E-state index contributed by atoms with van der Waals surface area (Å²) in [5, 5.41) is 0. The number of nitrogens with one attached hydrogen (secondary N) is 1. The molecular weight excluding hydrogens is 164 g/mol. The predicted octanol–water partition coefficient (Wildman–Crippen LogP) is 1.98. The van der Waals surface area contributed by atoms with Crippen LogP contribution in [0.5, 0.6) is 0 Å². The van der Waals surface area contributed by atoms with E-state index in [1.165, 1.54) is 0 Å². The number of rotatable bonds is 3. The predicted molar refractivity (Wildman–Crippen MR) is 52.9 cm³/mol. The topological polar surface area (TPSA) is 45.8 Å². The second-order valence-corrected chi connectivity index (χ2v) is 3.30. The van der Waals surface area contributed by atoms with Crippen LogP contribution < -0.4 is 5.69 Å². The second-order valence-electron chi connectivity index (χ2n) is 3.30. The Bertz CT molecular complexity index is 326. The Morgan fingerprint density at radius 3 is 2.62 bits per heavy atom. The van der Waals surface area contributed by atoms with Crippen LogP contribution in [0.4, 0.5) is 0 Å². The van der Waals surface area contributed by atoms with Crippen molar-refractivity contribution in [2.75, 3.05) is 0 Å². The van der Waals surface area contributed by atoms with Crippen LogP contribution in [0.3, 0.4) is 0 Å². The molecule has 72 valence electrons. The highest BCUT2D eigenvalue weighted by Gasteiger charge is 2.10. The van der Waals surface area contributed by atoms with Crippen LogP contribution >= 0.6 is 0 Å². The number of hydrogen-bond acceptors (Lipinski definition) is 2. The van der Waals surface area contributed by atoms with Gasteiger partial charge in [0.05, 0.1) is 0 Å². The van der Waals surface area contributed by atoms with E-state index in [-0.39, 0.29) is 5.69 Å². The molecule has 1 rings (SSSR count). The normalized spacial score (nSPS) is 10.8. The van der Waals surface area contributed by atoms with Gasteiger partial charge in [-0.25, -0.2) is 9.78 Å². The van der Waals surface area contributed by atoms with Gasteiger partial charge in [0, 0.05) is 11.9 Å². The van der Waals surface area contributed by atoms with Gasteiger partial charge in [0.25, 0.3) is 0 Å². The van der Waals surface area contributed by atoms with Crippen molar-refractivity contribution in [3.05, 3.63) is 27.9 Å². The molecule has 1 aromatic heterocycles. The highest BCUT2D eigenvalue weighted by Crippen LogP contribution is 2.21. The molecule has 1 heterocycles. The minimum Gasteiger partial charge on any atom is -0.309 e. The van der Waals surface area contributed by atoms with Crippen molar-refractivity contribution in [2.24, 2.45) is 0 Å². The summed E-state index contributed by atoms with van der Waals surface area (Å²) in [7, 11) is 0. The van der Waals surface area contributed by atoms with Gasteiger partial charge >= 0.3 is 5.69 Å². The lowest BCUT2D eigenvalue weighted by Gasteiger charge is -2.13. The fourth-order valence-corrected chi connectivity index (χ4v) is 1.59. The molecule has 0 aliphatic heterocycles. The average Bonchev–Trinajstić information content (AvgIpc) is 2.13. The van der Waals surface area contributed by atoms with Gasteiger partial charge in [-0.1, -0.05) is 13.8 Å². The van der Waals surface area contributed by atoms with Crippen LogP contribution in [0.25, 0.3) is 0 Å². The maximum Gasteiger partial charge on any atom is 0.345 e. The zero-order valence-corrected chi connectivity index (χ0v) is 8.42. The fourth-order valence-electron chi connectivity index (χ4n) is 1.59. The summed E-state index contributed by atoms with van der Waals surface area (Å²) < 4.78 is 0. The molecule has 0 spiro atoms. The molecule has 13 heavy (non-hydrogen) atoms. The highest BCUT2D eigenvalue weighted by atomic mass is 16.1. The van der Waals surface area contributed by atoms with Gasteiger partial charge in [0.1, 0.15) is 0 Å². The fraction of sp³-hybridized carbons (Fsp3) is 0.600. The van der Waals surface area contributed by atoms with E-state index in [0.29, 0.717) is 5.92 Å². The highest BCUT2D eigenvalue weighted by molar-refractivity contribution is 5.17. The molecule has 1 N–H and O–H groups in total. The Morgan fingerprint density at radius 2 is 2.08 bits per heavy atom. The molecule has 0 amide bonds. The molecule has 0 aliphatic carbocycles. The van der Waals surface area contributed by atoms with E-state index in [1.807, 2.05) is 6.92 Å². The van der Waals surface area contributed by atoms with E-state index in [2.05, 4.69) is 23.8 Å². The molecule has 0 radical (unpaired) electrons. The number of hydrogen-bond donors (Lipinski definition) is 1. The van der Waals surface area contributed by atoms with E-state index in [9.17, 15) is 4.79 Å². The summed E-state index contributed by atoms with van der Waals surface area (Å²) in [6.45, 7) is 6.25. The molecule has 3 nitrogen and oxygen atoms in total. The van der Waals surface area contributed by atoms with Crippen molar-refractivity contribution < 1.29 is 0 Å². The van der Waals surface area contributed by atoms with Gasteiger partial charge in [0.2, 0.25) is 0 Å². The minimum atomic E-state index is -0.243. The van der Waals surface area contributed by atoms with Gasteiger partial charge in [0.15, 0.2) is 0 Å². The van der Waals surface area contributed by atoms with Crippen LogP contribution in [0.15, 0.2) is 11.0 Å². The number of aryl methyl sites for hydroxylation is 1. The number of H-pyrrole nitrogens is 1. The van der Waals surface area contributed by atoms with Crippen molar-refractivity contribution in [3.8, 4) is 0 Å². The monoisotopic (exact) mass is 180 g/mol. The Balaban J connectivity index is 3.11. The first kappa shape index (κ1) is 9.96. The third-order valence-electron chi connectivity index (χ3n) is 2.44. The first-order valence-corrected chi connectivity index (χ1v) is 4.74. The van der Waals surface area contributed by atoms with Gasteiger partial charge in [-0.05, 0) is 31.2 Å². The van der Waals surface area contributed by atoms with Crippen LogP contribution in [-0.2, 0) is 0 Å². The maximum atomic E-state index is 11.0. The smallest absolute Gasteiger partial charge is 0.309 e. The largest absolute Gasteiger partial charge is 0.345 e. The standard InChI is InChI=1S/C10H16N2O/c1-4-8(5-2)9-7(3)6-11-10(13)12-9/h6,8H,4-5H2,1-3H3,(H,11,12,13). The van der Waals surface area contributed by atoms with Crippen molar-refractivity contribution in [2.45, 2.75) is 39.5 Å². The third-order valence-corrected chi connectivity index (χ3v) is 2.44. The van der Waals surface area contributed by atoms with Crippen molar-refractivity contribution >= 4 is 0 Å². The van der Waals surface area contributed by atoms with Crippen LogP contribution in [0, 0.1) is 6.92 Å². The summed E-state index contributed by atoms with van der Waals surface area (Å²) in [5.74, 6) is 0.454. The first-order chi connectivity index (χ1) is 6.19. The summed E-state index contributed by atoms with van der Waals surface area (Å²) in [6.07, 6.45) is 3.75. The van der Waals surface area contributed by atoms with Gasteiger partial charge in [-0.15, -0.1) is 0 Å². The SMILES string of the molecule is CCC(CC)c1[nH]c(=O)ncc1C. The molecule has 1 aromatic rings. The summed E-state index contributed by atoms with van der Waals surface area (Å²) >= 11 is 0. The van der Waals surface area contributed by atoms with Gasteiger partial charge in [-0.3, -0.25) is 0 Å². The van der Waals surface area contributed by atoms with Gasteiger partial charge in [-0.2, -0.15) is 0 Å². The quantitative estimate of drug-likeness (QED) is 0.773. The zero-order chi connectivity index (χ0) is 9.84. The van der Waals surface area contributed by atoms with E-state index in [0.717, 1.165) is 24.1 Å². The number of nitrogens with zero attached hydrogens (tertiary/aromatic N) is 1. The third kappa shape index (κ3) is 2.17. The molecule has 0 aliphatic rings. The van der Waals surface area contributed by atoms with E-state index >= 15 is 0 Å². The number of aromatic nitrogens is 2. The van der Waals surface area contributed by atoms with E-state index in [4.69, 9.17) is 0 Å². The summed E-state index contributed by atoms with van der Waals surface area (Å²) in [5.41, 5.74) is 1.88. The first-order valence-electron chi connectivity index (χ1n) is 4.74. The second kappa shape index (κ2) is 4.21. The minimum absolute atomic E-state index is 0.243. The van der Waals surface area contributed by atoms with Crippen LogP contribution in [0.1, 0.15) is 43.9 Å². The lowest BCUT2D eigenvalue weighted by molar-refractivity contribution is 0.613. The van der Waals surface area contributed by atoms with E-state index < -0.39 is 0 Å². The molecule has 0 saturated carbocycles. The Kier molecular flexibility index (Phi) is 3.23. The molecule has 0 fully saturated rings. The molecule has 0 atom stereocenters. The number of aromatic amines is 1. The lowest BCUT2D eigenvalue weighted by Crippen LogP contribution is -2.15. The Morgan fingerprint density at radius 1 is 1.46 bits per heavy atom. The lowest BCUT2D eigenvalue weighted by atomic mass is 9.96. The molecule has 0 aromatic carbocycles. The Labute approximate surface area is 78.2 Å². The van der Waals surface area contributed by atoms with Crippen LogP contribution in [0.2, 0.25) is 0 Å². The molecule has 0 unspecified atom stereocenters. The van der Waals surface area contributed by atoms with Gasteiger partial charge < -0.3 is 4.98 Å². The van der Waals surface area contributed by atoms with Crippen molar-refractivity contribution in [1.82, 2.24) is 9.97 Å².